The number of benzene rings is 2. The first-order valence-corrected chi connectivity index (χ1v) is 11.7. The van der Waals surface area contributed by atoms with Crippen molar-refractivity contribution >= 4 is 39.9 Å². The Hall–Kier alpha value is -4.71. The second-order valence-electron chi connectivity index (χ2n) is 8.80. The van der Waals surface area contributed by atoms with Crippen molar-refractivity contribution in [2.24, 2.45) is 7.05 Å². The summed E-state index contributed by atoms with van der Waals surface area (Å²) < 4.78 is 12.4. The summed E-state index contributed by atoms with van der Waals surface area (Å²) in [5.74, 6) is -0.0994. The normalized spacial score (nSPS) is 11.0. The minimum absolute atomic E-state index is 0.126. The molecular weight excluding hydrogens is 490 g/mol. The average molecular weight is 520 g/mol. The maximum atomic E-state index is 12.6. The van der Waals surface area contributed by atoms with Crippen molar-refractivity contribution in [3.05, 3.63) is 64.5 Å². The summed E-state index contributed by atoms with van der Waals surface area (Å²) in [6.45, 7) is 1.20. The quantitative estimate of drug-likeness (QED) is 0.179. The summed E-state index contributed by atoms with van der Waals surface area (Å²) in [7, 11) is 8.50. The van der Waals surface area contributed by atoms with Gasteiger partial charge in [0.15, 0.2) is 0 Å². The van der Waals surface area contributed by atoms with Gasteiger partial charge in [0.2, 0.25) is 5.95 Å². The van der Waals surface area contributed by atoms with Gasteiger partial charge < -0.3 is 29.6 Å². The maximum absolute atomic E-state index is 12.6. The van der Waals surface area contributed by atoms with Gasteiger partial charge >= 0.3 is 5.97 Å². The molecule has 0 unspecified atom stereocenters. The number of nitrogens with zero attached hydrogens (tertiary/aromatic N) is 5. The molecule has 0 aliphatic heterocycles. The van der Waals surface area contributed by atoms with E-state index < -0.39 is 10.9 Å². The maximum Gasteiger partial charge on any atom is 0.341 e. The second kappa shape index (κ2) is 11.1. The fourth-order valence-corrected chi connectivity index (χ4v) is 4.10. The van der Waals surface area contributed by atoms with Gasteiger partial charge in [-0.1, -0.05) is 18.2 Å². The van der Waals surface area contributed by atoms with Crippen LogP contribution in [0.5, 0.6) is 5.75 Å². The number of carbonyl (C=O) groups excluding carboxylic acids is 1. The summed E-state index contributed by atoms with van der Waals surface area (Å²) in [4.78, 5) is 34.8. The lowest BCUT2D eigenvalue weighted by atomic mass is 10.1. The van der Waals surface area contributed by atoms with Gasteiger partial charge in [-0.25, -0.2) is 14.8 Å². The Labute approximate surface area is 219 Å². The van der Waals surface area contributed by atoms with Crippen LogP contribution in [-0.4, -0.2) is 71.7 Å². The molecule has 0 spiro atoms. The number of likely N-dealkylation sites (N-methyl/N-ethyl adjacent to an activating group) is 1. The number of anilines is 3. The van der Waals surface area contributed by atoms with Crippen LogP contribution in [0.25, 0.3) is 22.2 Å². The molecule has 2 aromatic carbocycles. The number of rotatable bonds is 10. The van der Waals surface area contributed by atoms with Gasteiger partial charge in [-0.15, -0.1) is 0 Å². The molecule has 0 amide bonds. The number of fused-ring (bicyclic) bond motifs is 1. The molecule has 0 radical (unpaired) electrons. The first kappa shape index (κ1) is 26.4. The van der Waals surface area contributed by atoms with Crippen LogP contribution in [0.2, 0.25) is 0 Å². The van der Waals surface area contributed by atoms with E-state index in [1.807, 2.05) is 61.1 Å². The van der Waals surface area contributed by atoms with Crippen molar-refractivity contribution in [2.75, 3.05) is 52.0 Å². The van der Waals surface area contributed by atoms with E-state index in [0.717, 1.165) is 10.9 Å². The van der Waals surface area contributed by atoms with Crippen LogP contribution >= 0.6 is 0 Å². The average Bonchev–Trinajstić information content (AvgIpc) is 3.24. The number of nitrogens with one attached hydrogen (secondary N) is 2. The molecule has 198 valence electrons. The number of nitro benzene ring substituents is 1. The zero-order valence-electron chi connectivity index (χ0n) is 21.8. The van der Waals surface area contributed by atoms with Crippen molar-refractivity contribution in [3.8, 4) is 17.0 Å². The molecule has 2 heterocycles. The van der Waals surface area contributed by atoms with Crippen molar-refractivity contribution < 1.29 is 19.2 Å². The fraction of sp³-hybridized carbons (Fsp3) is 0.269. The number of aryl methyl sites for hydroxylation is 1. The highest BCUT2D eigenvalue weighted by atomic mass is 16.6. The molecule has 0 aliphatic carbocycles. The summed E-state index contributed by atoms with van der Waals surface area (Å²) in [5.41, 5.74) is 2.72. The monoisotopic (exact) mass is 519 g/mol. The Balaban J connectivity index is 1.78. The first-order chi connectivity index (χ1) is 18.2. The molecule has 0 fully saturated rings. The van der Waals surface area contributed by atoms with E-state index in [1.165, 1.54) is 26.5 Å². The zero-order chi connectivity index (χ0) is 27.4. The predicted molar refractivity (Wildman–Crippen MR) is 145 cm³/mol. The van der Waals surface area contributed by atoms with E-state index >= 15 is 0 Å². The van der Waals surface area contributed by atoms with Crippen LogP contribution in [0, 0.1) is 10.1 Å². The standard InChI is InChI=1S/C26H29N7O5/c1-31(2)11-10-27-19-13-23(37-4)20(12-22(19)33(35)36)29-26-28-14-17(25(34)38-5)24(30-26)18-15-32(3)21-9-7-6-8-16(18)21/h6-9,12-15,27H,10-11H2,1-5H3,(H,28,29,30). The zero-order valence-corrected chi connectivity index (χ0v) is 21.8. The molecule has 38 heavy (non-hydrogen) atoms. The number of hydrogen-bond donors (Lipinski definition) is 2. The molecule has 2 N–H and O–H groups in total. The number of hydrogen-bond acceptors (Lipinski definition) is 10. The van der Waals surface area contributed by atoms with Crippen LogP contribution in [-0.2, 0) is 11.8 Å². The molecular formula is C26H29N7O5. The highest BCUT2D eigenvalue weighted by molar-refractivity contribution is 6.02. The molecule has 4 rings (SSSR count). The van der Waals surface area contributed by atoms with Gasteiger partial charge in [-0.3, -0.25) is 10.1 Å². The van der Waals surface area contributed by atoms with Gasteiger partial charge in [-0.2, -0.15) is 0 Å². The van der Waals surface area contributed by atoms with E-state index in [-0.39, 0.29) is 17.2 Å². The van der Waals surface area contributed by atoms with Crippen LogP contribution < -0.4 is 15.4 Å². The third kappa shape index (κ3) is 5.34. The Morgan fingerprint density at radius 2 is 1.95 bits per heavy atom. The predicted octanol–water partition coefficient (Wildman–Crippen LogP) is 4.06. The third-order valence-electron chi connectivity index (χ3n) is 5.98. The number of ether oxygens (including phenoxy) is 2. The minimum Gasteiger partial charge on any atom is -0.494 e. The molecule has 0 bridgehead atoms. The lowest BCUT2D eigenvalue weighted by Gasteiger charge is -2.15. The summed E-state index contributed by atoms with van der Waals surface area (Å²) >= 11 is 0. The third-order valence-corrected chi connectivity index (χ3v) is 5.98. The van der Waals surface area contributed by atoms with Gasteiger partial charge in [0, 0.05) is 61.1 Å². The summed E-state index contributed by atoms with van der Waals surface area (Å²) in [6.07, 6.45) is 3.25. The fourth-order valence-electron chi connectivity index (χ4n) is 4.10. The van der Waals surface area contributed by atoms with Crippen LogP contribution in [0.4, 0.5) is 23.0 Å². The lowest BCUT2D eigenvalue weighted by molar-refractivity contribution is -0.383. The van der Waals surface area contributed by atoms with E-state index in [9.17, 15) is 14.9 Å². The van der Waals surface area contributed by atoms with Crippen molar-refractivity contribution in [1.82, 2.24) is 19.4 Å². The molecule has 2 aromatic heterocycles. The van der Waals surface area contributed by atoms with Crippen LogP contribution in [0.15, 0.2) is 48.8 Å². The topological polar surface area (TPSA) is 137 Å². The molecule has 0 saturated heterocycles. The Morgan fingerprint density at radius 3 is 2.63 bits per heavy atom. The van der Waals surface area contributed by atoms with Crippen LogP contribution in [0.3, 0.4) is 0 Å². The molecule has 12 nitrogen and oxygen atoms in total. The van der Waals surface area contributed by atoms with Gasteiger partial charge in [0.25, 0.3) is 5.69 Å². The summed E-state index contributed by atoms with van der Waals surface area (Å²) in [5, 5.41) is 18.9. The van der Waals surface area contributed by atoms with Gasteiger partial charge in [0.1, 0.15) is 17.0 Å². The largest absolute Gasteiger partial charge is 0.494 e. The Kier molecular flexibility index (Phi) is 7.72. The highest BCUT2D eigenvalue weighted by Crippen LogP contribution is 2.38. The van der Waals surface area contributed by atoms with Crippen LogP contribution in [0.1, 0.15) is 10.4 Å². The number of esters is 1. The van der Waals surface area contributed by atoms with E-state index in [2.05, 4.69) is 20.6 Å². The lowest BCUT2D eigenvalue weighted by Crippen LogP contribution is -2.21. The molecule has 12 heteroatoms. The minimum atomic E-state index is -0.583. The smallest absolute Gasteiger partial charge is 0.341 e. The van der Waals surface area contributed by atoms with Gasteiger partial charge in [0.05, 0.1) is 30.5 Å². The highest BCUT2D eigenvalue weighted by Gasteiger charge is 2.23. The second-order valence-corrected chi connectivity index (χ2v) is 8.80. The Bertz CT molecular complexity index is 1500. The molecule has 0 aliphatic rings. The number of methoxy groups -OCH3 is 2. The van der Waals surface area contributed by atoms with Crippen molar-refractivity contribution in [3.63, 3.8) is 0 Å². The van der Waals surface area contributed by atoms with Crippen molar-refractivity contribution in [2.45, 2.75) is 0 Å². The molecule has 0 atom stereocenters. The first-order valence-electron chi connectivity index (χ1n) is 11.7. The number of nitro groups is 1. The van der Waals surface area contributed by atoms with E-state index in [4.69, 9.17) is 9.47 Å². The molecule has 0 saturated carbocycles. The SMILES string of the molecule is COC(=O)c1cnc(Nc2cc([N+](=O)[O-])c(NCCN(C)C)cc2OC)nc1-c1cn(C)c2ccccc12. The number of para-hydroxylation sites is 1. The number of carbonyl (C=O) groups is 1. The van der Waals surface area contributed by atoms with E-state index in [1.54, 1.807) is 6.07 Å². The Morgan fingerprint density at radius 1 is 1.18 bits per heavy atom. The van der Waals surface area contributed by atoms with E-state index in [0.29, 0.717) is 41.5 Å². The number of aromatic nitrogens is 3. The van der Waals surface area contributed by atoms with Gasteiger partial charge in [-0.05, 0) is 20.2 Å². The van der Waals surface area contributed by atoms with Crippen molar-refractivity contribution in [1.29, 1.82) is 0 Å². The molecule has 4 aromatic rings. The summed E-state index contributed by atoms with van der Waals surface area (Å²) in [6, 6.07) is 10.7.